The standard InChI is InChI=1S/C23H31N5O/c29-23(25-11-15-27-13-5-2-6-14-27)20-9-10-22(26-17-20)28-16-12-24-21(18-28)19-7-3-1-4-8-19/h1,3-4,7-10,17,21,24H,2,5-6,11-16,18H2,(H,25,29)/t21-/m0/s1. The Balaban J connectivity index is 1.29. The third-order valence-electron chi connectivity index (χ3n) is 5.87. The number of piperazine rings is 1. The second-order valence-corrected chi connectivity index (χ2v) is 7.93. The van der Waals surface area contributed by atoms with Gasteiger partial charge in [0, 0.05) is 45.0 Å². The molecule has 2 aliphatic heterocycles. The number of likely N-dealkylation sites (tertiary alicyclic amines) is 1. The summed E-state index contributed by atoms with van der Waals surface area (Å²) < 4.78 is 0. The van der Waals surface area contributed by atoms with Gasteiger partial charge in [-0.3, -0.25) is 4.79 Å². The van der Waals surface area contributed by atoms with Crippen LogP contribution in [0.2, 0.25) is 0 Å². The van der Waals surface area contributed by atoms with E-state index in [9.17, 15) is 4.79 Å². The summed E-state index contributed by atoms with van der Waals surface area (Å²) in [6.45, 7) is 6.63. The largest absolute Gasteiger partial charge is 0.353 e. The van der Waals surface area contributed by atoms with Crippen molar-refractivity contribution in [2.24, 2.45) is 0 Å². The molecule has 154 valence electrons. The van der Waals surface area contributed by atoms with E-state index < -0.39 is 0 Å². The lowest BCUT2D eigenvalue weighted by atomic mass is 10.0. The van der Waals surface area contributed by atoms with Gasteiger partial charge >= 0.3 is 0 Å². The molecule has 2 N–H and O–H groups in total. The number of nitrogens with one attached hydrogen (secondary N) is 2. The quantitative estimate of drug-likeness (QED) is 0.789. The molecule has 1 aromatic carbocycles. The van der Waals surface area contributed by atoms with Gasteiger partial charge in [0.1, 0.15) is 5.82 Å². The molecule has 0 radical (unpaired) electrons. The van der Waals surface area contributed by atoms with Gasteiger partial charge in [-0.1, -0.05) is 36.8 Å². The van der Waals surface area contributed by atoms with Crippen molar-refractivity contribution in [3.8, 4) is 0 Å². The lowest BCUT2D eigenvalue weighted by Crippen LogP contribution is -2.46. The molecule has 0 saturated carbocycles. The number of hydrogen-bond donors (Lipinski definition) is 2. The highest BCUT2D eigenvalue weighted by Crippen LogP contribution is 2.21. The zero-order valence-corrected chi connectivity index (χ0v) is 17.0. The highest BCUT2D eigenvalue weighted by atomic mass is 16.1. The maximum absolute atomic E-state index is 12.4. The Kier molecular flexibility index (Phi) is 6.75. The van der Waals surface area contributed by atoms with E-state index in [2.05, 4.69) is 49.7 Å². The van der Waals surface area contributed by atoms with Crippen molar-refractivity contribution < 1.29 is 4.79 Å². The van der Waals surface area contributed by atoms with Crippen molar-refractivity contribution >= 4 is 11.7 Å². The molecule has 2 aliphatic rings. The van der Waals surface area contributed by atoms with Crippen LogP contribution in [-0.2, 0) is 0 Å². The minimum atomic E-state index is -0.0384. The highest BCUT2D eigenvalue weighted by Gasteiger charge is 2.21. The molecule has 1 amide bonds. The van der Waals surface area contributed by atoms with E-state index in [-0.39, 0.29) is 5.91 Å². The Labute approximate surface area is 173 Å². The van der Waals surface area contributed by atoms with E-state index in [1.54, 1.807) is 6.20 Å². The summed E-state index contributed by atoms with van der Waals surface area (Å²) >= 11 is 0. The van der Waals surface area contributed by atoms with E-state index in [0.717, 1.165) is 45.1 Å². The van der Waals surface area contributed by atoms with E-state index in [0.29, 0.717) is 18.2 Å². The summed E-state index contributed by atoms with van der Waals surface area (Å²) in [4.78, 5) is 21.7. The average molecular weight is 394 g/mol. The molecule has 0 unspecified atom stereocenters. The smallest absolute Gasteiger partial charge is 0.252 e. The number of rotatable bonds is 6. The molecular weight excluding hydrogens is 362 g/mol. The molecule has 4 rings (SSSR count). The third-order valence-corrected chi connectivity index (χ3v) is 5.87. The zero-order valence-electron chi connectivity index (χ0n) is 17.0. The number of benzene rings is 1. The third kappa shape index (κ3) is 5.34. The number of anilines is 1. The van der Waals surface area contributed by atoms with Crippen LogP contribution < -0.4 is 15.5 Å². The summed E-state index contributed by atoms with van der Waals surface area (Å²) in [5, 5.41) is 6.61. The normalized spacial score (nSPS) is 20.4. The van der Waals surface area contributed by atoms with Crippen molar-refractivity contribution in [1.82, 2.24) is 20.5 Å². The monoisotopic (exact) mass is 393 g/mol. The molecule has 29 heavy (non-hydrogen) atoms. The van der Waals surface area contributed by atoms with Crippen LogP contribution in [0.4, 0.5) is 5.82 Å². The Morgan fingerprint density at radius 2 is 1.90 bits per heavy atom. The first-order valence-electron chi connectivity index (χ1n) is 10.8. The highest BCUT2D eigenvalue weighted by molar-refractivity contribution is 5.94. The van der Waals surface area contributed by atoms with Crippen molar-refractivity contribution in [1.29, 1.82) is 0 Å². The Hall–Kier alpha value is -2.44. The molecule has 2 aromatic rings. The predicted molar refractivity (Wildman–Crippen MR) is 116 cm³/mol. The molecule has 0 aliphatic carbocycles. The predicted octanol–water partition coefficient (Wildman–Crippen LogP) is 2.45. The first-order valence-corrected chi connectivity index (χ1v) is 10.8. The lowest BCUT2D eigenvalue weighted by Gasteiger charge is -2.34. The maximum atomic E-state index is 12.4. The Morgan fingerprint density at radius 3 is 2.66 bits per heavy atom. The summed E-state index contributed by atoms with van der Waals surface area (Å²) in [7, 11) is 0. The second-order valence-electron chi connectivity index (χ2n) is 7.93. The molecular formula is C23H31N5O. The summed E-state index contributed by atoms with van der Waals surface area (Å²) in [6.07, 6.45) is 5.58. The van der Waals surface area contributed by atoms with Crippen LogP contribution in [0.3, 0.4) is 0 Å². The van der Waals surface area contributed by atoms with E-state index in [1.165, 1.54) is 24.8 Å². The number of nitrogens with zero attached hydrogens (tertiary/aromatic N) is 3. The van der Waals surface area contributed by atoms with Crippen LogP contribution in [0.25, 0.3) is 0 Å². The van der Waals surface area contributed by atoms with Crippen molar-refractivity contribution in [2.45, 2.75) is 25.3 Å². The summed E-state index contributed by atoms with van der Waals surface area (Å²) in [6, 6.07) is 14.7. The Morgan fingerprint density at radius 1 is 1.07 bits per heavy atom. The van der Waals surface area contributed by atoms with Crippen molar-refractivity contribution in [3.05, 3.63) is 59.8 Å². The number of amides is 1. The fourth-order valence-corrected chi connectivity index (χ4v) is 4.19. The van der Waals surface area contributed by atoms with E-state index in [4.69, 9.17) is 0 Å². The van der Waals surface area contributed by atoms with Crippen LogP contribution in [0.5, 0.6) is 0 Å². The SMILES string of the molecule is O=C(NCCN1CCCCC1)c1ccc(N2CCN[C@H](c3ccccc3)C2)nc1. The van der Waals surface area contributed by atoms with Gasteiger partial charge in [-0.05, 0) is 43.6 Å². The number of pyridine rings is 1. The van der Waals surface area contributed by atoms with Gasteiger partial charge in [-0.25, -0.2) is 4.98 Å². The topological polar surface area (TPSA) is 60.5 Å². The van der Waals surface area contributed by atoms with Gasteiger partial charge in [-0.2, -0.15) is 0 Å². The Bertz CT molecular complexity index is 774. The molecule has 0 spiro atoms. The van der Waals surface area contributed by atoms with Gasteiger partial charge in [0.15, 0.2) is 0 Å². The van der Waals surface area contributed by atoms with E-state index in [1.807, 2.05) is 18.2 Å². The van der Waals surface area contributed by atoms with Gasteiger partial charge < -0.3 is 20.4 Å². The van der Waals surface area contributed by atoms with E-state index >= 15 is 0 Å². The molecule has 1 aromatic heterocycles. The fourth-order valence-electron chi connectivity index (χ4n) is 4.19. The van der Waals surface area contributed by atoms with Gasteiger partial charge in [0.05, 0.1) is 5.56 Å². The number of carbonyl (C=O) groups excluding carboxylic acids is 1. The molecule has 0 bridgehead atoms. The molecule has 2 saturated heterocycles. The minimum absolute atomic E-state index is 0.0384. The van der Waals surface area contributed by atoms with Gasteiger partial charge in [0.2, 0.25) is 0 Å². The van der Waals surface area contributed by atoms with Gasteiger partial charge in [0.25, 0.3) is 5.91 Å². The number of carbonyl (C=O) groups is 1. The average Bonchev–Trinajstić information content (AvgIpc) is 2.80. The van der Waals surface area contributed by atoms with Crippen LogP contribution in [0, 0.1) is 0 Å². The molecule has 1 atom stereocenters. The van der Waals surface area contributed by atoms with Crippen LogP contribution in [-0.4, -0.2) is 61.6 Å². The molecule has 6 nitrogen and oxygen atoms in total. The second kappa shape index (κ2) is 9.85. The molecule has 3 heterocycles. The van der Waals surface area contributed by atoms with Gasteiger partial charge in [-0.15, -0.1) is 0 Å². The molecule has 2 fully saturated rings. The number of piperidine rings is 1. The summed E-state index contributed by atoms with van der Waals surface area (Å²) in [5.74, 6) is 0.890. The van der Waals surface area contributed by atoms with Crippen LogP contribution in [0.1, 0.15) is 41.2 Å². The zero-order chi connectivity index (χ0) is 19.9. The van der Waals surface area contributed by atoms with Crippen LogP contribution >= 0.6 is 0 Å². The van der Waals surface area contributed by atoms with Crippen molar-refractivity contribution in [2.75, 3.05) is 50.7 Å². The van der Waals surface area contributed by atoms with Crippen molar-refractivity contribution in [3.63, 3.8) is 0 Å². The first-order chi connectivity index (χ1) is 14.3. The number of aromatic nitrogens is 1. The molecule has 6 heteroatoms. The lowest BCUT2D eigenvalue weighted by molar-refractivity contribution is 0.0946. The number of hydrogen-bond acceptors (Lipinski definition) is 5. The minimum Gasteiger partial charge on any atom is -0.353 e. The first kappa shape index (κ1) is 19.9. The summed E-state index contributed by atoms with van der Waals surface area (Å²) in [5.41, 5.74) is 1.92. The fraction of sp³-hybridized carbons (Fsp3) is 0.478. The van der Waals surface area contributed by atoms with Crippen LogP contribution in [0.15, 0.2) is 48.7 Å². The maximum Gasteiger partial charge on any atom is 0.252 e.